The van der Waals surface area contributed by atoms with E-state index in [-0.39, 0.29) is 45.9 Å². The number of esters is 1. The smallest absolute Gasteiger partial charge is 0.323 e. The lowest BCUT2D eigenvalue weighted by atomic mass is 9.62. The summed E-state index contributed by atoms with van der Waals surface area (Å²) in [6.07, 6.45) is 1.76. The molecule has 1 aliphatic carbocycles. The molecule has 1 saturated carbocycles. The molecule has 1 spiro atoms. The SMILES string of the molecule is CC(C)C(N)C(=O)O[C@@H]1CC[C@H](NC(=O)[C@@H]2N[C@H](CC(C)(C)C)[C@]3(C(=O)Nc4cc(Cl)ccc43)[C@H]2c2cccc(Cl)c2F)C1. The maximum atomic E-state index is 16.0. The van der Waals surface area contributed by atoms with Crippen molar-refractivity contribution in [2.45, 2.75) is 102 Å². The highest BCUT2D eigenvalue weighted by Gasteiger charge is 2.66. The van der Waals surface area contributed by atoms with E-state index in [1.807, 2.05) is 13.8 Å². The van der Waals surface area contributed by atoms with Gasteiger partial charge in [0.2, 0.25) is 11.8 Å². The van der Waals surface area contributed by atoms with Crippen molar-refractivity contribution in [3.05, 3.63) is 63.4 Å². The number of amides is 2. The molecule has 0 radical (unpaired) electrons. The molecule has 5 N–H and O–H groups in total. The number of carbonyl (C=O) groups is 3. The van der Waals surface area contributed by atoms with Gasteiger partial charge in [-0.25, -0.2) is 4.39 Å². The molecule has 44 heavy (non-hydrogen) atoms. The molecule has 2 fully saturated rings. The van der Waals surface area contributed by atoms with E-state index in [1.165, 1.54) is 6.07 Å². The number of halogens is 3. The highest BCUT2D eigenvalue weighted by Crippen LogP contribution is 2.57. The third kappa shape index (κ3) is 5.96. The molecule has 5 rings (SSSR count). The molecule has 2 amide bonds. The Labute approximate surface area is 267 Å². The van der Waals surface area contributed by atoms with Gasteiger partial charge in [-0.05, 0) is 59.9 Å². The summed E-state index contributed by atoms with van der Waals surface area (Å²) < 4.78 is 21.6. The number of carbonyl (C=O) groups excluding carboxylic acids is 3. The molecule has 1 unspecified atom stereocenters. The Morgan fingerprint density at radius 2 is 1.91 bits per heavy atom. The molecule has 3 aliphatic rings. The number of rotatable bonds is 7. The maximum absolute atomic E-state index is 16.0. The van der Waals surface area contributed by atoms with Crippen LogP contribution < -0.4 is 21.7 Å². The average molecular weight is 648 g/mol. The number of fused-ring (bicyclic) bond motifs is 2. The molecule has 2 aromatic rings. The topological polar surface area (TPSA) is 123 Å². The average Bonchev–Trinajstić information content (AvgIpc) is 3.59. The van der Waals surface area contributed by atoms with Gasteiger partial charge in [-0.2, -0.15) is 0 Å². The standard InChI is InChI=1S/C33H41Cl2FN4O4/c1-16(2)27(37)30(42)44-19-11-10-18(14-19)38-29(41)28-25(20-7-6-8-22(35)26(20)36)33(24(40-28)15-32(3,4)5)21-12-9-17(34)13-23(21)39-31(33)43/h6-9,12-13,16,18-19,24-25,27-28,40H,10-11,14-15,37H2,1-5H3,(H,38,41)(H,39,43)/t18-,19+,24+,25-,27?,28+,33-/m0/s1. The number of hydrogen-bond donors (Lipinski definition) is 4. The highest BCUT2D eigenvalue weighted by atomic mass is 35.5. The van der Waals surface area contributed by atoms with Crippen molar-refractivity contribution in [2.75, 3.05) is 5.32 Å². The van der Waals surface area contributed by atoms with Crippen molar-refractivity contribution in [1.29, 1.82) is 0 Å². The predicted molar refractivity (Wildman–Crippen MR) is 169 cm³/mol. The molecule has 2 heterocycles. The fraction of sp³-hybridized carbons (Fsp3) is 0.545. The van der Waals surface area contributed by atoms with Crippen LogP contribution in [0.5, 0.6) is 0 Å². The summed E-state index contributed by atoms with van der Waals surface area (Å²) in [4.78, 5) is 40.9. The zero-order valence-corrected chi connectivity index (χ0v) is 27.2. The number of hydrogen-bond acceptors (Lipinski definition) is 6. The van der Waals surface area contributed by atoms with E-state index in [1.54, 1.807) is 30.3 Å². The minimum absolute atomic E-state index is 0.0565. The molecule has 1 saturated heterocycles. The van der Waals surface area contributed by atoms with Gasteiger partial charge >= 0.3 is 5.97 Å². The van der Waals surface area contributed by atoms with Gasteiger partial charge in [0.1, 0.15) is 23.4 Å². The Balaban J connectivity index is 1.52. The molecule has 8 nitrogen and oxygen atoms in total. The van der Waals surface area contributed by atoms with E-state index >= 15 is 4.39 Å². The van der Waals surface area contributed by atoms with Gasteiger partial charge < -0.3 is 26.4 Å². The van der Waals surface area contributed by atoms with Crippen LogP contribution in [0.25, 0.3) is 0 Å². The van der Waals surface area contributed by atoms with Crippen molar-refractivity contribution in [3.63, 3.8) is 0 Å². The third-order valence-corrected chi connectivity index (χ3v) is 9.75. The summed E-state index contributed by atoms with van der Waals surface area (Å²) in [7, 11) is 0. The van der Waals surface area contributed by atoms with Crippen LogP contribution in [0, 0.1) is 17.2 Å². The van der Waals surface area contributed by atoms with Crippen LogP contribution in [0.4, 0.5) is 10.1 Å². The molecule has 2 aromatic carbocycles. The van der Waals surface area contributed by atoms with Crippen LogP contribution in [0.1, 0.15) is 77.3 Å². The monoisotopic (exact) mass is 646 g/mol. The Morgan fingerprint density at radius 3 is 2.59 bits per heavy atom. The Morgan fingerprint density at radius 1 is 1.18 bits per heavy atom. The second-order valence-electron chi connectivity index (χ2n) is 13.9. The fourth-order valence-electron chi connectivity index (χ4n) is 7.14. The second-order valence-corrected chi connectivity index (χ2v) is 14.8. The number of anilines is 1. The van der Waals surface area contributed by atoms with Crippen LogP contribution in [0.2, 0.25) is 10.0 Å². The van der Waals surface area contributed by atoms with Crippen LogP contribution in [0.3, 0.4) is 0 Å². The van der Waals surface area contributed by atoms with Gasteiger partial charge in [0, 0.05) is 35.1 Å². The lowest BCUT2D eigenvalue weighted by molar-refractivity contribution is -0.151. The van der Waals surface area contributed by atoms with Gasteiger partial charge in [-0.1, -0.05) is 76.0 Å². The van der Waals surface area contributed by atoms with E-state index < -0.39 is 41.2 Å². The summed E-state index contributed by atoms with van der Waals surface area (Å²) >= 11 is 12.6. The largest absolute Gasteiger partial charge is 0.461 e. The van der Waals surface area contributed by atoms with Gasteiger partial charge in [0.25, 0.3) is 0 Å². The zero-order valence-electron chi connectivity index (χ0n) is 25.7. The van der Waals surface area contributed by atoms with Crippen molar-refractivity contribution in [3.8, 4) is 0 Å². The second kappa shape index (κ2) is 12.2. The van der Waals surface area contributed by atoms with Crippen molar-refractivity contribution >= 4 is 46.7 Å². The molecule has 7 atom stereocenters. The van der Waals surface area contributed by atoms with Gasteiger partial charge in [0.05, 0.1) is 11.1 Å². The number of benzene rings is 2. The number of ether oxygens (including phenoxy) is 1. The van der Waals surface area contributed by atoms with E-state index in [0.29, 0.717) is 42.0 Å². The van der Waals surface area contributed by atoms with Crippen LogP contribution in [-0.2, 0) is 24.5 Å². The number of nitrogens with two attached hydrogens (primary N) is 1. The van der Waals surface area contributed by atoms with Gasteiger partial charge in [-0.15, -0.1) is 0 Å². The van der Waals surface area contributed by atoms with Crippen LogP contribution in [0.15, 0.2) is 36.4 Å². The summed E-state index contributed by atoms with van der Waals surface area (Å²) in [5.41, 5.74) is 5.76. The lowest BCUT2D eigenvalue weighted by Gasteiger charge is -2.37. The fourth-order valence-corrected chi connectivity index (χ4v) is 7.49. The molecule has 11 heteroatoms. The van der Waals surface area contributed by atoms with Crippen molar-refractivity contribution in [2.24, 2.45) is 17.1 Å². The molecule has 238 valence electrons. The minimum Gasteiger partial charge on any atom is -0.461 e. The van der Waals surface area contributed by atoms with Crippen molar-refractivity contribution in [1.82, 2.24) is 10.6 Å². The Bertz CT molecular complexity index is 1460. The molecule has 0 bridgehead atoms. The predicted octanol–water partition coefficient (Wildman–Crippen LogP) is 5.45. The summed E-state index contributed by atoms with van der Waals surface area (Å²) in [6.45, 7) is 9.89. The third-order valence-electron chi connectivity index (χ3n) is 9.23. The minimum atomic E-state index is -1.33. The summed E-state index contributed by atoms with van der Waals surface area (Å²) in [6, 6.07) is 7.37. The number of nitrogens with one attached hydrogen (secondary N) is 3. The normalized spacial score (nSPS) is 28.7. The van der Waals surface area contributed by atoms with Crippen LogP contribution in [-0.4, -0.2) is 48.1 Å². The van der Waals surface area contributed by atoms with Gasteiger partial charge in [0.15, 0.2) is 0 Å². The molecular formula is C33H41Cl2FN4O4. The first kappa shape index (κ1) is 32.7. The highest BCUT2D eigenvalue weighted by molar-refractivity contribution is 6.31. The van der Waals surface area contributed by atoms with E-state index in [4.69, 9.17) is 33.7 Å². The maximum Gasteiger partial charge on any atom is 0.323 e. The zero-order chi connectivity index (χ0) is 32.1. The first-order valence-corrected chi connectivity index (χ1v) is 16.0. The van der Waals surface area contributed by atoms with Gasteiger partial charge in [-0.3, -0.25) is 14.4 Å². The summed E-state index contributed by atoms with van der Waals surface area (Å²) in [5, 5.41) is 9.95. The van der Waals surface area contributed by atoms with E-state index in [0.717, 1.165) is 0 Å². The van der Waals surface area contributed by atoms with Crippen molar-refractivity contribution < 1.29 is 23.5 Å². The quantitative estimate of drug-likeness (QED) is 0.297. The van der Waals surface area contributed by atoms with E-state index in [2.05, 4.69) is 36.7 Å². The Kier molecular flexibility index (Phi) is 9.08. The first-order valence-electron chi connectivity index (χ1n) is 15.2. The first-order chi connectivity index (χ1) is 20.6. The Hall–Kier alpha value is -2.72. The summed E-state index contributed by atoms with van der Waals surface area (Å²) in [5.74, 6) is -2.81. The van der Waals surface area contributed by atoms with Crippen LogP contribution >= 0.6 is 23.2 Å². The molecule has 2 aliphatic heterocycles. The van der Waals surface area contributed by atoms with E-state index in [9.17, 15) is 14.4 Å². The molecule has 0 aromatic heterocycles. The lowest BCUT2D eigenvalue weighted by Crippen LogP contribution is -2.49. The molecular weight excluding hydrogens is 606 g/mol.